The van der Waals surface area contributed by atoms with E-state index in [4.69, 9.17) is 0 Å². The van der Waals surface area contributed by atoms with Crippen LogP contribution in [0.2, 0.25) is 0 Å². The average Bonchev–Trinajstić information content (AvgIpc) is 2.43. The summed E-state index contributed by atoms with van der Waals surface area (Å²) in [5.41, 5.74) is 1.13. The largest absolute Gasteiger partial charge is 0.328 e. The molecular weight excluding hydrogens is 278 g/mol. The zero-order valence-electron chi connectivity index (χ0n) is 13.1. The number of fused-ring (bicyclic) bond motifs is 1. The molecule has 1 aromatic heterocycles. The first-order valence-electron chi connectivity index (χ1n) is 7.33. The highest BCUT2D eigenvalue weighted by molar-refractivity contribution is 5.87. The maximum Gasteiger partial charge on any atom is 0.262 e. The molecule has 1 aromatic carbocycles. The Kier molecular flexibility index (Phi) is 3.16. The Morgan fingerprint density at radius 3 is 2.73 bits per heavy atom. The van der Waals surface area contributed by atoms with E-state index in [9.17, 15) is 9.59 Å². The van der Waals surface area contributed by atoms with Crippen molar-refractivity contribution in [3.05, 3.63) is 52.2 Å². The second kappa shape index (κ2) is 4.80. The number of hydrogen-bond donors (Lipinski definition) is 1. The molecule has 2 heterocycles. The molecule has 1 N–H and O–H groups in total. The molecule has 1 amide bonds. The monoisotopic (exact) mass is 297 g/mol. The summed E-state index contributed by atoms with van der Waals surface area (Å²) in [5, 5.41) is 3.34. The van der Waals surface area contributed by atoms with E-state index in [1.165, 1.54) is 4.57 Å². The topological polar surface area (TPSA) is 64.0 Å². The molecule has 3 rings (SSSR count). The first kappa shape index (κ1) is 14.5. The number of benzene rings is 1. The van der Waals surface area contributed by atoms with Crippen molar-refractivity contribution in [2.24, 2.45) is 0 Å². The van der Waals surface area contributed by atoms with Gasteiger partial charge in [-0.2, -0.15) is 0 Å². The van der Waals surface area contributed by atoms with E-state index in [1.54, 1.807) is 13.8 Å². The number of aromatic nitrogens is 2. The van der Waals surface area contributed by atoms with Gasteiger partial charge in [0.1, 0.15) is 11.4 Å². The van der Waals surface area contributed by atoms with Crippen LogP contribution in [0.1, 0.15) is 31.2 Å². The van der Waals surface area contributed by atoms with Crippen molar-refractivity contribution in [1.29, 1.82) is 0 Å². The van der Waals surface area contributed by atoms with Crippen LogP contribution in [-0.4, -0.2) is 15.5 Å². The standard InChI is InChI=1S/C17H19N3O2/c1-10-6-5-7-13-14(10)15(21)20(12(3)19-13)17(4)9-8-11(2)18-16(17)22/h5-7H,2,8-9H2,1,3-4H3,(H,18,22)/t17-/m1/s1. The fraction of sp³-hybridized carbons (Fsp3) is 0.353. The Bertz CT molecular complexity index is 866. The van der Waals surface area contributed by atoms with Gasteiger partial charge in [-0.05, 0) is 45.2 Å². The number of allylic oxidation sites excluding steroid dienone is 1. The fourth-order valence-electron chi connectivity index (χ4n) is 3.17. The van der Waals surface area contributed by atoms with Crippen molar-refractivity contribution in [1.82, 2.24) is 14.9 Å². The molecule has 0 unspecified atom stereocenters. The summed E-state index contributed by atoms with van der Waals surface area (Å²) >= 11 is 0. The van der Waals surface area contributed by atoms with Crippen LogP contribution in [-0.2, 0) is 10.3 Å². The number of aryl methyl sites for hydroxylation is 2. The second-order valence-electron chi connectivity index (χ2n) is 6.10. The summed E-state index contributed by atoms with van der Waals surface area (Å²) in [5.74, 6) is 0.344. The first-order valence-corrected chi connectivity index (χ1v) is 7.33. The molecule has 0 bridgehead atoms. The number of rotatable bonds is 1. The molecule has 0 radical (unpaired) electrons. The van der Waals surface area contributed by atoms with Gasteiger partial charge < -0.3 is 5.32 Å². The van der Waals surface area contributed by atoms with E-state index < -0.39 is 5.54 Å². The SMILES string of the molecule is C=C1CC[C@@](C)(n2c(C)nc3cccc(C)c3c2=O)C(=O)N1. The van der Waals surface area contributed by atoms with Crippen LogP contribution < -0.4 is 10.9 Å². The van der Waals surface area contributed by atoms with Crippen LogP contribution >= 0.6 is 0 Å². The van der Waals surface area contributed by atoms with E-state index in [2.05, 4.69) is 16.9 Å². The predicted octanol–water partition coefficient (Wildman–Crippen LogP) is 2.15. The molecule has 0 spiro atoms. The molecule has 2 aromatic rings. The average molecular weight is 297 g/mol. The Labute approximate surface area is 128 Å². The number of amides is 1. The van der Waals surface area contributed by atoms with Gasteiger partial charge in [-0.15, -0.1) is 0 Å². The summed E-state index contributed by atoms with van der Waals surface area (Å²) in [7, 11) is 0. The molecule has 1 atom stereocenters. The Hall–Kier alpha value is -2.43. The van der Waals surface area contributed by atoms with Gasteiger partial charge >= 0.3 is 0 Å². The third kappa shape index (κ3) is 1.96. The van der Waals surface area contributed by atoms with Crippen molar-refractivity contribution < 1.29 is 4.79 Å². The highest BCUT2D eigenvalue weighted by Crippen LogP contribution is 2.29. The lowest BCUT2D eigenvalue weighted by molar-refractivity contribution is -0.130. The molecule has 114 valence electrons. The molecule has 0 saturated carbocycles. The number of nitrogens with zero attached hydrogens (tertiary/aromatic N) is 2. The van der Waals surface area contributed by atoms with E-state index in [0.717, 1.165) is 5.56 Å². The van der Waals surface area contributed by atoms with Crippen molar-refractivity contribution in [3.8, 4) is 0 Å². The fourth-order valence-corrected chi connectivity index (χ4v) is 3.17. The molecule has 5 heteroatoms. The smallest absolute Gasteiger partial charge is 0.262 e. The van der Waals surface area contributed by atoms with Crippen molar-refractivity contribution >= 4 is 16.8 Å². The van der Waals surface area contributed by atoms with Gasteiger partial charge in [0.2, 0.25) is 5.91 Å². The van der Waals surface area contributed by atoms with Crippen LogP contribution in [0.3, 0.4) is 0 Å². The lowest BCUT2D eigenvalue weighted by Gasteiger charge is -2.36. The normalized spacial score (nSPS) is 22.0. The van der Waals surface area contributed by atoms with Crippen LogP contribution in [0.5, 0.6) is 0 Å². The van der Waals surface area contributed by atoms with Gasteiger partial charge in [-0.1, -0.05) is 18.7 Å². The maximum absolute atomic E-state index is 13.0. The van der Waals surface area contributed by atoms with E-state index in [1.807, 2.05) is 25.1 Å². The number of nitrogens with one attached hydrogen (secondary N) is 1. The molecule has 0 aliphatic carbocycles. The zero-order chi connectivity index (χ0) is 16.1. The highest BCUT2D eigenvalue weighted by Gasteiger charge is 2.40. The van der Waals surface area contributed by atoms with Crippen LogP contribution in [0.15, 0.2) is 35.3 Å². The first-order chi connectivity index (χ1) is 10.3. The third-order valence-corrected chi connectivity index (χ3v) is 4.46. The number of carbonyl (C=O) groups is 1. The lowest BCUT2D eigenvalue weighted by atomic mass is 9.89. The molecule has 1 fully saturated rings. The van der Waals surface area contributed by atoms with Gasteiger partial charge in [0.15, 0.2) is 0 Å². The van der Waals surface area contributed by atoms with Crippen molar-refractivity contribution in [2.75, 3.05) is 0 Å². The minimum absolute atomic E-state index is 0.161. The zero-order valence-corrected chi connectivity index (χ0v) is 13.1. The Morgan fingerprint density at radius 1 is 1.32 bits per heavy atom. The molecule has 1 saturated heterocycles. The molecule has 5 nitrogen and oxygen atoms in total. The summed E-state index contributed by atoms with van der Waals surface area (Å²) in [6, 6.07) is 5.59. The minimum atomic E-state index is -0.939. The lowest BCUT2D eigenvalue weighted by Crippen LogP contribution is -2.54. The van der Waals surface area contributed by atoms with E-state index in [-0.39, 0.29) is 11.5 Å². The van der Waals surface area contributed by atoms with Crippen LogP contribution in [0.4, 0.5) is 0 Å². The number of carbonyl (C=O) groups excluding carboxylic acids is 1. The molecule has 1 aliphatic heterocycles. The third-order valence-electron chi connectivity index (χ3n) is 4.46. The van der Waals surface area contributed by atoms with Gasteiger partial charge in [-0.3, -0.25) is 14.2 Å². The van der Waals surface area contributed by atoms with Gasteiger partial charge in [-0.25, -0.2) is 4.98 Å². The van der Waals surface area contributed by atoms with E-state index >= 15 is 0 Å². The maximum atomic E-state index is 13.0. The molecular formula is C17H19N3O2. The van der Waals surface area contributed by atoms with Crippen molar-refractivity contribution in [2.45, 2.75) is 39.2 Å². The summed E-state index contributed by atoms with van der Waals surface area (Å²) in [4.78, 5) is 30.0. The Balaban J connectivity index is 2.32. The predicted molar refractivity (Wildman–Crippen MR) is 85.6 cm³/mol. The number of piperidine rings is 1. The summed E-state index contributed by atoms with van der Waals surface area (Å²) in [6.07, 6.45) is 1.19. The van der Waals surface area contributed by atoms with Gasteiger partial charge in [0.05, 0.1) is 10.9 Å². The van der Waals surface area contributed by atoms with Gasteiger partial charge in [0.25, 0.3) is 5.56 Å². The van der Waals surface area contributed by atoms with Crippen LogP contribution in [0.25, 0.3) is 10.9 Å². The summed E-state index contributed by atoms with van der Waals surface area (Å²) < 4.78 is 1.53. The summed E-state index contributed by atoms with van der Waals surface area (Å²) in [6.45, 7) is 9.24. The molecule has 22 heavy (non-hydrogen) atoms. The van der Waals surface area contributed by atoms with Gasteiger partial charge in [0, 0.05) is 5.70 Å². The van der Waals surface area contributed by atoms with Crippen molar-refractivity contribution in [3.63, 3.8) is 0 Å². The van der Waals surface area contributed by atoms with Crippen LogP contribution in [0, 0.1) is 13.8 Å². The number of hydrogen-bond acceptors (Lipinski definition) is 3. The highest BCUT2D eigenvalue weighted by atomic mass is 16.2. The van der Waals surface area contributed by atoms with E-state index in [0.29, 0.717) is 35.3 Å². The molecule has 1 aliphatic rings. The minimum Gasteiger partial charge on any atom is -0.328 e. The quantitative estimate of drug-likeness (QED) is 0.877. The second-order valence-corrected chi connectivity index (χ2v) is 6.10. The Morgan fingerprint density at radius 2 is 2.05 bits per heavy atom.